The second-order valence-corrected chi connectivity index (χ2v) is 14.0. The third-order valence-corrected chi connectivity index (χ3v) is 12.7. The minimum Gasteiger partial charge on any atom is -0.490 e. The second-order valence-electron chi connectivity index (χ2n) is 9.80. The number of halogens is 5. The van der Waals surface area contributed by atoms with E-state index in [9.17, 15) is 34.4 Å². The number of hydrogen-bond acceptors (Lipinski definition) is 5. The average molecular weight is 566 g/mol. The number of sulfone groups is 1. The molecule has 1 saturated carbocycles. The lowest BCUT2D eigenvalue weighted by Gasteiger charge is -2.54. The Morgan fingerprint density at radius 3 is 2.35 bits per heavy atom. The standard InChI is InChI=1S/C24H24F5NO5S2/c1-2-14-11-16-17-12-35-22-19(26)8-7-18(25)21(22)23(17,10-9-20(16)30-37(14,33)34)36(31,32)15-5-3-13(4-6-15)24(27,28)29/h3-8,14,16-17,20,30H,2,9-12H2,1H3/t14-,16-,17+,20+,23+/m0/s1. The molecule has 6 nitrogen and oxygen atoms in total. The molecule has 0 unspecified atom stereocenters. The summed E-state index contributed by atoms with van der Waals surface area (Å²) in [6, 6.07) is 3.88. The number of fused-ring (bicyclic) bond motifs is 5. The smallest absolute Gasteiger partial charge is 0.416 e. The van der Waals surface area contributed by atoms with Gasteiger partial charge in [-0.3, -0.25) is 0 Å². The Balaban J connectivity index is 1.72. The number of hydrogen-bond donors (Lipinski definition) is 1. The summed E-state index contributed by atoms with van der Waals surface area (Å²) >= 11 is 0. The summed E-state index contributed by atoms with van der Waals surface area (Å²) in [5.74, 6) is -4.11. The molecule has 202 valence electrons. The van der Waals surface area contributed by atoms with Gasteiger partial charge in [-0.2, -0.15) is 13.2 Å². The van der Waals surface area contributed by atoms with Crippen molar-refractivity contribution in [2.24, 2.45) is 11.8 Å². The molecule has 2 aromatic rings. The van der Waals surface area contributed by atoms with Gasteiger partial charge in [-0.15, -0.1) is 0 Å². The van der Waals surface area contributed by atoms with Crippen molar-refractivity contribution in [1.82, 2.24) is 4.72 Å². The van der Waals surface area contributed by atoms with Gasteiger partial charge >= 0.3 is 6.18 Å². The fourth-order valence-electron chi connectivity index (χ4n) is 6.31. The minimum absolute atomic E-state index is 0.00604. The van der Waals surface area contributed by atoms with Gasteiger partial charge in [0.05, 0.1) is 27.9 Å². The molecule has 5 rings (SSSR count). The van der Waals surface area contributed by atoms with E-state index in [-0.39, 0.29) is 32.3 Å². The van der Waals surface area contributed by atoms with Crippen molar-refractivity contribution in [2.75, 3.05) is 6.61 Å². The maximum absolute atomic E-state index is 15.5. The molecule has 1 N–H and O–H groups in total. The number of sulfonamides is 1. The van der Waals surface area contributed by atoms with Gasteiger partial charge in [-0.05, 0) is 68.0 Å². The predicted octanol–water partition coefficient (Wildman–Crippen LogP) is 4.54. The van der Waals surface area contributed by atoms with Crippen LogP contribution in [0.25, 0.3) is 0 Å². The number of benzene rings is 2. The molecule has 0 amide bonds. The summed E-state index contributed by atoms with van der Waals surface area (Å²) in [5.41, 5.74) is -1.55. The SMILES string of the molecule is CC[C@H]1C[C@H]2[C@H]3COc4c(F)ccc(F)c4[C@@]3(S(=O)(=O)c3ccc(C(F)(F)F)cc3)CC[C@H]2NS1(=O)=O. The molecule has 2 heterocycles. The predicted molar refractivity (Wildman–Crippen MR) is 123 cm³/mol. The molecule has 0 bridgehead atoms. The van der Waals surface area contributed by atoms with Crippen molar-refractivity contribution >= 4 is 19.9 Å². The normalized spacial score (nSPS) is 31.0. The first-order valence-corrected chi connectivity index (χ1v) is 14.8. The van der Waals surface area contributed by atoms with E-state index in [1.54, 1.807) is 6.92 Å². The molecule has 0 aromatic heterocycles. The average Bonchev–Trinajstić information content (AvgIpc) is 2.84. The highest BCUT2D eigenvalue weighted by atomic mass is 32.2. The Bertz CT molecular complexity index is 1440. The fourth-order valence-corrected chi connectivity index (χ4v) is 10.5. The summed E-state index contributed by atoms with van der Waals surface area (Å²) in [4.78, 5) is -0.469. The van der Waals surface area contributed by atoms with E-state index in [4.69, 9.17) is 4.74 Å². The second kappa shape index (κ2) is 8.63. The summed E-state index contributed by atoms with van der Waals surface area (Å²) in [5, 5.41) is -0.822. The molecular weight excluding hydrogens is 541 g/mol. The van der Waals surface area contributed by atoms with Crippen molar-refractivity contribution in [2.45, 2.75) is 59.7 Å². The van der Waals surface area contributed by atoms with Crippen LogP contribution >= 0.6 is 0 Å². The van der Waals surface area contributed by atoms with Gasteiger partial charge < -0.3 is 4.74 Å². The Kier molecular flexibility index (Phi) is 6.15. The van der Waals surface area contributed by atoms with Gasteiger partial charge in [-0.25, -0.2) is 30.3 Å². The van der Waals surface area contributed by atoms with Crippen LogP contribution in [0.5, 0.6) is 5.75 Å². The Labute approximate surface area is 211 Å². The number of alkyl halides is 3. The first-order chi connectivity index (χ1) is 17.2. The lowest BCUT2D eigenvalue weighted by molar-refractivity contribution is -0.137. The zero-order chi connectivity index (χ0) is 27.0. The highest BCUT2D eigenvalue weighted by molar-refractivity contribution is 7.92. The zero-order valence-corrected chi connectivity index (χ0v) is 21.2. The zero-order valence-electron chi connectivity index (χ0n) is 19.6. The van der Waals surface area contributed by atoms with Gasteiger partial charge in [0.15, 0.2) is 21.4 Å². The summed E-state index contributed by atoms with van der Waals surface area (Å²) in [7, 11) is -8.30. The summed E-state index contributed by atoms with van der Waals surface area (Å²) < 4.78 is 130. The third-order valence-electron chi connectivity index (χ3n) is 8.06. The van der Waals surface area contributed by atoms with Crippen LogP contribution in [0.2, 0.25) is 0 Å². The van der Waals surface area contributed by atoms with Crippen LogP contribution in [0, 0.1) is 23.5 Å². The lowest BCUT2D eigenvalue weighted by atomic mass is 9.64. The summed E-state index contributed by atoms with van der Waals surface area (Å²) in [6.45, 7) is 1.35. The highest BCUT2D eigenvalue weighted by Crippen LogP contribution is 2.59. The molecular formula is C24H24F5NO5S2. The van der Waals surface area contributed by atoms with Crippen molar-refractivity contribution < 1.29 is 43.5 Å². The third kappa shape index (κ3) is 3.87. The van der Waals surface area contributed by atoms with Gasteiger partial charge in [0.2, 0.25) is 10.0 Å². The highest BCUT2D eigenvalue weighted by Gasteiger charge is 2.64. The van der Waals surface area contributed by atoms with Crippen LogP contribution in [-0.2, 0) is 30.8 Å². The molecule has 1 saturated heterocycles. The van der Waals surface area contributed by atoms with E-state index in [1.807, 2.05) is 0 Å². The van der Waals surface area contributed by atoms with Crippen LogP contribution in [-0.4, -0.2) is 34.7 Å². The lowest BCUT2D eigenvalue weighted by Crippen LogP contribution is -2.63. The number of nitrogens with one attached hydrogen (secondary N) is 1. The van der Waals surface area contributed by atoms with E-state index in [1.165, 1.54) is 0 Å². The van der Waals surface area contributed by atoms with Crippen LogP contribution in [0.15, 0.2) is 41.3 Å². The van der Waals surface area contributed by atoms with Crippen molar-refractivity contribution in [3.63, 3.8) is 0 Å². The fraction of sp³-hybridized carbons (Fsp3) is 0.500. The molecule has 13 heteroatoms. The van der Waals surface area contributed by atoms with E-state index < -0.39 is 87.3 Å². The minimum atomic E-state index is -4.70. The van der Waals surface area contributed by atoms with Crippen LogP contribution < -0.4 is 9.46 Å². The van der Waals surface area contributed by atoms with Gasteiger partial charge in [0, 0.05) is 12.0 Å². The van der Waals surface area contributed by atoms with Gasteiger partial charge in [0.25, 0.3) is 0 Å². The molecule has 3 aliphatic rings. The largest absolute Gasteiger partial charge is 0.490 e. The maximum Gasteiger partial charge on any atom is 0.416 e. The monoisotopic (exact) mass is 565 g/mol. The van der Waals surface area contributed by atoms with Gasteiger partial charge in [0.1, 0.15) is 10.6 Å². The van der Waals surface area contributed by atoms with Crippen molar-refractivity contribution in [1.29, 1.82) is 0 Å². The van der Waals surface area contributed by atoms with Crippen LogP contribution in [0.1, 0.15) is 43.7 Å². The topological polar surface area (TPSA) is 89.5 Å². The first kappa shape index (κ1) is 26.4. The molecule has 0 radical (unpaired) electrons. The van der Waals surface area contributed by atoms with Crippen LogP contribution in [0.3, 0.4) is 0 Å². The molecule has 2 aliphatic heterocycles. The van der Waals surface area contributed by atoms with Crippen molar-refractivity contribution in [3.8, 4) is 5.75 Å². The molecule has 2 aromatic carbocycles. The molecule has 0 spiro atoms. The summed E-state index contributed by atoms with van der Waals surface area (Å²) in [6.07, 6.45) is -4.63. The molecule has 1 aliphatic carbocycles. The molecule has 2 fully saturated rings. The van der Waals surface area contributed by atoms with E-state index in [0.29, 0.717) is 12.1 Å². The Morgan fingerprint density at radius 2 is 1.73 bits per heavy atom. The van der Waals surface area contributed by atoms with E-state index >= 15 is 4.39 Å². The number of rotatable bonds is 3. The van der Waals surface area contributed by atoms with Gasteiger partial charge in [-0.1, -0.05) is 6.92 Å². The number of ether oxygens (including phenoxy) is 1. The molecule has 37 heavy (non-hydrogen) atoms. The van der Waals surface area contributed by atoms with Crippen molar-refractivity contribution in [3.05, 3.63) is 59.2 Å². The first-order valence-electron chi connectivity index (χ1n) is 11.8. The Morgan fingerprint density at radius 1 is 1.08 bits per heavy atom. The quantitative estimate of drug-likeness (QED) is 0.552. The van der Waals surface area contributed by atoms with E-state index in [2.05, 4.69) is 4.72 Å². The van der Waals surface area contributed by atoms with E-state index in [0.717, 1.165) is 24.3 Å². The van der Waals surface area contributed by atoms with Crippen LogP contribution in [0.4, 0.5) is 22.0 Å². The maximum atomic E-state index is 15.5. The Hall–Kier alpha value is -2.25. The molecule has 5 atom stereocenters.